The van der Waals surface area contributed by atoms with Gasteiger partial charge in [0.25, 0.3) is 0 Å². The molecule has 1 aromatic carbocycles. The van der Waals surface area contributed by atoms with Gasteiger partial charge in [0.15, 0.2) is 0 Å². The largest absolute Gasteiger partial charge is 0.477 e. The van der Waals surface area contributed by atoms with Crippen molar-refractivity contribution in [3.63, 3.8) is 0 Å². The summed E-state index contributed by atoms with van der Waals surface area (Å²) >= 11 is 0. The summed E-state index contributed by atoms with van der Waals surface area (Å²) in [5.74, 6) is -0.995. The van der Waals surface area contributed by atoms with E-state index in [0.717, 1.165) is 5.39 Å². The van der Waals surface area contributed by atoms with Crippen LogP contribution in [-0.4, -0.2) is 30.2 Å². The number of rotatable bonds is 1. The third-order valence-corrected chi connectivity index (χ3v) is 1.82. The van der Waals surface area contributed by atoms with Crippen molar-refractivity contribution >= 4 is 16.9 Å². The Hall–Kier alpha value is -1.94. The number of benzene rings is 1. The Bertz CT molecular complexity index is 483. The molecule has 1 heterocycles. The van der Waals surface area contributed by atoms with Crippen LogP contribution < -0.4 is 5.32 Å². The first-order valence-electron chi connectivity index (χ1n) is 4.86. The first-order valence-corrected chi connectivity index (χ1v) is 4.86. The van der Waals surface area contributed by atoms with Gasteiger partial charge in [-0.05, 0) is 26.2 Å². The maximum Gasteiger partial charge on any atom is 0.354 e. The van der Waals surface area contributed by atoms with Crippen LogP contribution in [0.25, 0.3) is 10.9 Å². The van der Waals surface area contributed by atoms with Gasteiger partial charge in [-0.2, -0.15) is 0 Å². The molecule has 2 N–H and O–H groups in total. The van der Waals surface area contributed by atoms with Gasteiger partial charge in [0, 0.05) is 5.39 Å². The van der Waals surface area contributed by atoms with E-state index in [2.05, 4.69) is 10.3 Å². The molecule has 1 aromatic heterocycles. The summed E-state index contributed by atoms with van der Waals surface area (Å²) in [7, 11) is 3.75. The lowest BCUT2D eigenvalue weighted by Gasteiger charge is -1.97. The SMILES string of the molecule is CNC.O=C(O)c1ccc2ccccc2n1. The molecule has 0 fully saturated rings. The number of pyridine rings is 1. The normalized spacial score (nSPS) is 9.38. The van der Waals surface area contributed by atoms with Gasteiger partial charge in [0.05, 0.1) is 5.52 Å². The van der Waals surface area contributed by atoms with Crippen LogP contribution in [0.5, 0.6) is 0 Å². The van der Waals surface area contributed by atoms with Crippen LogP contribution in [0.15, 0.2) is 36.4 Å². The van der Waals surface area contributed by atoms with Crippen LogP contribution in [0.3, 0.4) is 0 Å². The second-order valence-corrected chi connectivity index (χ2v) is 3.19. The molecular formula is C12H14N2O2. The molecule has 4 heteroatoms. The van der Waals surface area contributed by atoms with Crippen molar-refractivity contribution in [1.82, 2.24) is 10.3 Å². The number of aromatic nitrogens is 1. The molecule has 0 bridgehead atoms. The van der Waals surface area contributed by atoms with E-state index < -0.39 is 5.97 Å². The number of fused-ring (bicyclic) bond motifs is 1. The van der Waals surface area contributed by atoms with Crippen molar-refractivity contribution in [2.24, 2.45) is 0 Å². The fraction of sp³-hybridized carbons (Fsp3) is 0.167. The van der Waals surface area contributed by atoms with Gasteiger partial charge in [-0.3, -0.25) is 0 Å². The number of carboxylic acids is 1. The highest BCUT2D eigenvalue weighted by molar-refractivity contribution is 5.89. The summed E-state index contributed by atoms with van der Waals surface area (Å²) in [6.45, 7) is 0. The number of para-hydroxylation sites is 1. The second kappa shape index (κ2) is 5.82. The van der Waals surface area contributed by atoms with E-state index in [-0.39, 0.29) is 5.69 Å². The molecule has 0 radical (unpaired) electrons. The van der Waals surface area contributed by atoms with Crippen molar-refractivity contribution < 1.29 is 9.90 Å². The number of carboxylic acid groups (broad SMARTS) is 1. The minimum Gasteiger partial charge on any atom is -0.477 e. The van der Waals surface area contributed by atoms with E-state index in [9.17, 15) is 4.79 Å². The molecule has 2 rings (SSSR count). The van der Waals surface area contributed by atoms with Gasteiger partial charge in [0.2, 0.25) is 0 Å². The lowest BCUT2D eigenvalue weighted by atomic mass is 10.2. The average molecular weight is 218 g/mol. The zero-order valence-electron chi connectivity index (χ0n) is 9.27. The van der Waals surface area contributed by atoms with Gasteiger partial charge >= 0.3 is 5.97 Å². The first kappa shape index (κ1) is 12.1. The average Bonchev–Trinajstić information content (AvgIpc) is 2.29. The predicted molar refractivity (Wildman–Crippen MR) is 63.7 cm³/mol. The van der Waals surface area contributed by atoms with E-state index >= 15 is 0 Å². The Morgan fingerprint density at radius 3 is 2.44 bits per heavy atom. The van der Waals surface area contributed by atoms with Gasteiger partial charge in [-0.25, -0.2) is 9.78 Å². The molecule has 0 aliphatic carbocycles. The number of aromatic carboxylic acids is 1. The molecule has 0 amide bonds. The molecule has 0 aliphatic rings. The maximum atomic E-state index is 10.6. The molecule has 0 aliphatic heterocycles. The highest BCUT2D eigenvalue weighted by Crippen LogP contribution is 2.11. The summed E-state index contributed by atoms with van der Waals surface area (Å²) in [4.78, 5) is 14.6. The smallest absolute Gasteiger partial charge is 0.354 e. The van der Waals surface area contributed by atoms with E-state index in [0.29, 0.717) is 5.52 Å². The predicted octanol–water partition coefficient (Wildman–Crippen LogP) is 1.77. The first-order chi connectivity index (χ1) is 7.69. The Kier molecular flexibility index (Phi) is 4.42. The summed E-state index contributed by atoms with van der Waals surface area (Å²) in [5.41, 5.74) is 0.793. The van der Waals surface area contributed by atoms with E-state index in [1.54, 1.807) is 12.1 Å². The van der Waals surface area contributed by atoms with Gasteiger partial charge < -0.3 is 10.4 Å². The Morgan fingerprint density at radius 2 is 1.81 bits per heavy atom. The third kappa shape index (κ3) is 3.03. The van der Waals surface area contributed by atoms with Crippen molar-refractivity contribution in [3.8, 4) is 0 Å². The lowest BCUT2D eigenvalue weighted by molar-refractivity contribution is 0.0691. The summed E-state index contributed by atoms with van der Waals surface area (Å²) in [5, 5.41) is 12.4. The molecular weight excluding hydrogens is 204 g/mol. The Labute approximate surface area is 93.9 Å². The molecule has 0 saturated heterocycles. The summed E-state index contributed by atoms with van der Waals surface area (Å²) < 4.78 is 0. The monoisotopic (exact) mass is 218 g/mol. The molecule has 84 valence electrons. The minimum absolute atomic E-state index is 0.0821. The number of nitrogens with zero attached hydrogens (tertiary/aromatic N) is 1. The summed E-state index contributed by atoms with van der Waals surface area (Å²) in [6.07, 6.45) is 0. The van der Waals surface area contributed by atoms with Crippen molar-refractivity contribution in [3.05, 3.63) is 42.1 Å². The number of hydrogen-bond acceptors (Lipinski definition) is 3. The van der Waals surface area contributed by atoms with E-state index in [1.807, 2.05) is 32.3 Å². The van der Waals surface area contributed by atoms with Gasteiger partial charge in [0.1, 0.15) is 5.69 Å². The van der Waals surface area contributed by atoms with Crippen molar-refractivity contribution in [2.45, 2.75) is 0 Å². The molecule has 4 nitrogen and oxygen atoms in total. The van der Waals surface area contributed by atoms with Crippen LogP contribution in [-0.2, 0) is 0 Å². The Balaban J connectivity index is 0.000000386. The molecule has 0 spiro atoms. The fourth-order valence-corrected chi connectivity index (χ4v) is 1.19. The molecule has 0 atom stereocenters. The topological polar surface area (TPSA) is 62.2 Å². The Morgan fingerprint density at radius 1 is 1.19 bits per heavy atom. The zero-order valence-corrected chi connectivity index (χ0v) is 9.27. The molecule has 16 heavy (non-hydrogen) atoms. The number of hydrogen-bond donors (Lipinski definition) is 2. The maximum absolute atomic E-state index is 10.6. The standard InChI is InChI=1S/C10H7NO2.C2H7N/c12-10(13)9-6-5-7-3-1-2-4-8(7)11-9;1-3-2/h1-6H,(H,12,13);3H,1-2H3. The number of carbonyl (C=O) groups is 1. The molecule has 0 unspecified atom stereocenters. The van der Waals surface area contributed by atoms with Crippen LogP contribution in [0.2, 0.25) is 0 Å². The fourth-order valence-electron chi connectivity index (χ4n) is 1.19. The highest BCUT2D eigenvalue weighted by Gasteiger charge is 2.03. The quantitative estimate of drug-likeness (QED) is 0.765. The van der Waals surface area contributed by atoms with Crippen LogP contribution >= 0.6 is 0 Å². The zero-order chi connectivity index (χ0) is 12.0. The lowest BCUT2D eigenvalue weighted by Crippen LogP contribution is -1.99. The van der Waals surface area contributed by atoms with E-state index in [4.69, 9.17) is 5.11 Å². The molecule has 0 saturated carbocycles. The molecule has 2 aromatic rings. The highest BCUT2D eigenvalue weighted by atomic mass is 16.4. The second-order valence-electron chi connectivity index (χ2n) is 3.19. The van der Waals surface area contributed by atoms with E-state index in [1.165, 1.54) is 6.07 Å². The van der Waals surface area contributed by atoms with Gasteiger partial charge in [-0.1, -0.05) is 24.3 Å². The summed E-state index contributed by atoms with van der Waals surface area (Å²) in [6, 6.07) is 10.7. The van der Waals surface area contributed by atoms with Crippen LogP contribution in [0.1, 0.15) is 10.5 Å². The van der Waals surface area contributed by atoms with Crippen molar-refractivity contribution in [2.75, 3.05) is 14.1 Å². The van der Waals surface area contributed by atoms with Gasteiger partial charge in [-0.15, -0.1) is 0 Å². The van der Waals surface area contributed by atoms with Crippen LogP contribution in [0, 0.1) is 0 Å². The third-order valence-electron chi connectivity index (χ3n) is 1.82. The van der Waals surface area contributed by atoms with Crippen LogP contribution in [0.4, 0.5) is 0 Å². The minimum atomic E-state index is -0.995. The van der Waals surface area contributed by atoms with Crippen molar-refractivity contribution in [1.29, 1.82) is 0 Å². The number of nitrogens with one attached hydrogen (secondary N) is 1.